The molecule has 0 spiro atoms. The van der Waals surface area contributed by atoms with Crippen LogP contribution in [0.3, 0.4) is 0 Å². The molecule has 17 heavy (non-hydrogen) atoms. The van der Waals surface area contributed by atoms with E-state index in [-0.39, 0.29) is 5.56 Å². The van der Waals surface area contributed by atoms with Gasteiger partial charge in [0.05, 0.1) is 11.9 Å². The summed E-state index contributed by atoms with van der Waals surface area (Å²) in [5, 5.41) is 6.97. The second-order valence-electron chi connectivity index (χ2n) is 3.67. The molecule has 2 aromatic rings. The predicted octanol–water partition coefficient (Wildman–Crippen LogP) is 0.923. The first-order valence-electron chi connectivity index (χ1n) is 5.43. The number of anilines is 1. The van der Waals surface area contributed by atoms with Crippen molar-refractivity contribution in [1.29, 1.82) is 0 Å². The third-order valence-corrected chi connectivity index (χ3v) is 2.49. The highest BCUT2D eigenvalue weighted by atomic mass is 16.1. The molecule has 5 heteroatoms. The van der Waals surface area contributed by atoms with Crippen molar-refractivity contribution >= 4 is 5.69 Å². The van der Waals surface area contributed by atoms with Crippen molar-refractivity contribution in [1.82, 2.24) is 14.8 Å². The van der Waals surface area contributed by atoms with E-state index in [1.54, 1.807) is 25.6 Å². The van der Waals surface area contributed by atoms with Gasteiger partial charge in [0, 0.05) is 32.1 Å². The largest absolute Gasteiger partial charge is 0.387 e. The summed E-state index contributed by atoms with van der Waals surface area (Å²) in [5.41, 5.74) is 1.73. The quantitative estimate of drug-likeness (QED) is 0.848. The molecule has 88 valence electrons. The van der Waals surface area contributed by atoms with Gasteiger partial charge in [0.1, 0.15) is 0 Å². The summed E-state index contributed by atoms with van der Waals surface area (Å²) in [6, 6.07) is 5.41. The van der Waals surface area contributed by atoms with Gasteiger partial charge in [-0.05, 0) is 18.1 Å². The number of hydrogen-bond acceptors (Lipinski definition) is 4. The van der Waals surface area contributed by atoms with E-state index in [1.807, 2.05) is 12.1 Å². The molecular weight excluding hydrogens is 216 g/mol. The van der Waals surface area contributed by atoms with Gasteiger partial charge in [0.15, 0.2) is 0 Å². The van der Waals surface area contributed by atoms with Crippen molar-refractivity contribution in [2.45, 2.75) is 13.0 Å². The van der Waals surface area contributed by atoms with Crippen molar-refractivity contribution in [2.75, 3.05) is 12.4 Å². The third kappa shape index (κ3) is 2.90. The topological polar surface area (TPSA) is 59.8 Å². The van der Waals surface area contributed by atoms with Crippen LogP contribution in [0.2, 0.25) is 0 Å². The summed E-state index contributed by atoms with van der Waals surface area (Å²) in [6.07, 6.45) is 5.92. The van der Waals surface area contributed by atoms with Crippen LogP contribution < -0.4 is 10.9 Å². The summed E-state index contributed by atoms with van der Waals surface area (Å²) in [4.78, 5) is 15.7. The second-order valence-corrected chi connectivity index (χ2v) is 3.67. The minimum absolute atomic E-state index is 0.0965. The Hall–Kier alpha value is -2.17. The van der Waals surface area contributed by atoms with E-state index < -0.39 is 0 Å². The van der Waals surface area contributed by atoms with Gasteiger partial charge in [-0.3, -0.25) is 9.78 Å². The first-order valence-corrected chi connectivity index (χ1v) is 5.43. The summed E-state index contributed by atoms with van der Waals surface area (Å²) in [6.45, 7) is 0.564. The molecule has 2 rings (SSSR count). The van der Waals surface area contributed by atoms with Crippen molar-refractivity contribution in [3.8, 4) is 0 Å². The highest BCUT2D eigenvalue weighted by Crippen LogP contribution is 2.00. The molecule has 0 aromatic carbocycles. The molecule has 5 nitrogen and oxygen atoms in total. The van der Waals surface area contributed by atoms with Crippen LogP contribution in [-0.4, -0.2) is 21.8 Å². The first kappa shape index (κ1) is 11.3. The SMILES string of the molecule is CNc1cnn(CCc2cccnc2)c(=O)c1. The molecule has 2 aromatic heterocycles. The molecule has 0 amide bonds. The van der Waals surface area contributed by atoms with Crippen molar-refractivity contribution in [3.05, 3.63) is 52.7 Å². The van der Waals surface area contributed by atoms with Crippen LogP contribution in [0.4, 0.5) is 5.69 Å². The average Bonchev–Trinajstić information content (AvgIpc) is 2.38. The van der Waals surface area contributed by atoms with Gasteiger partial charge in [-0.15, -0.1) is 0 Å². The fraction of sp³-hybridized carbons (Fsp3) is 0.250. The lowest BCUT2D eigenvalue weighted by Crippen LogP contribution is -2.23. The van der Waals surface area contributed by atoms with Gasteiger partial charge in [0.25, 0.3) is 5.56 Å². The molecule has 0 aliphatic rings. The Balaban J connectivity index is 2.07. The second kappa shape index (κ2) is 5.25. The molecule has 0 aliphatic heterocycles. The number of nitrogens with one attached hydrogen (secondary N) is 1. The summed E-state index contributed by atoms with van der Waals surface area (Å²) < 4.78 is 1.45. The maximum Gasteiger partial charge on any atom is 0.268 e. The van der Waals surface area contributed by atoms with Gasteiger partial charge in [0.2, 0.25) is 0 Å². The zero-order chi connectivity index (χ0) is 12.1. The summed E-state index contributed by atoms with van der Waals surface area (Å²) >= 11 is 0. The predicted molar refractivity (Wildman–Crippen MR) is 66.0 cm³/mol. The van der Waals surface area contributed by atoms with E-state index >= 15 is 0 Å². The highest BCUT2D eigenvalue weighted by molar-refractivity contribution is 5.37. The fourth-order valence-electron chi connectivity index (χ4n) is 1.52. The maximum absolute atomic E-state index is 11.7. The monoisotopic (exact) mass is 230 g/mol. The van der Waals surface area contributed by atoms with Crippen LogP contribution in [0, 0.1) is 0 Å². The van der Waals surface area contributed by atoms with Crippen molar-refractivity contribution in [2.24, 2.45) is 0 Å². The first-order chi connectivity index (χ1) is 8.29. The van der Waals surface area contributed by atoms with E-state index in [9.17, 15) is 4.79 Å². The molecule has 0 radical (unpaired) electrons. The van der Waals surface area contributed by atoms with Crippen LogP contribution in [0.5, 0.6) is 0 Å². The number of pyridine rings is 1. The molecule has 0 fully saturated rings. The lowest BCUT2D eigenvalue weighted by atomic mass is 10.2. The Morgan fingerprint density at radius 3 is 2.94 bits per heavy atom. The molecule has 0 bridgehead atoms. The number of nitrogens with zero attached hydrogens (tertiary/aromatic N) is 3. The van der Waals surface area contributed by atoms with Gasteiger partial charge >= 0.3 is 0 Å². The van der Waals surface area contributed by atoms with Gasteiger partial charge < -0.3 is 5.32 Å². The molecule has 0 saturated heterocycles. The molecule has 0 aliphatic carbocycles. The third-order valence-electron chi connectivity index (χ3n) is 2.49. The summed E-state index contributed by atoms with van der Waals surface area (Å²) in [7, 11) is 1.76. The van der Waals surface area contributed by atoms with E-state index in [2.05, 4.69) is 15.4 Å². The minimum atomic E-state index is -0.0965. The fourth-order valence-corrected chi connectivity index (χ4v) is 1.52. The smallest absolute Gasteiger partial charge is 0.268 e. The average molecular weight is 230 g/mol. The van der Waals surface area contributed by atoms with Crippen LogP contribution >= 0.6 is 0 Å². The van der Waals surface area contributed by atoms with Crippen molar-refractivity contribution < 1.29 is 0 Å². The van der Waals surface area contributed by atoms with E-state index in [1.165, 1.54) is 10.7 Å². The molecular formula is C12H14N4O. The van der Waals surface area contributed by atoms with Gasteiger partial charge in [-0.25, -0.2) is 4.68 Å². The molecule has 1 N–H and O–H groups in total. The van der Waals surface area contributed by atoms with Gasteiger partial charge in [-0.1, -0.05) is 6.07 Å². The lowest BCUT2D eigenvalue weighted by Gasteiger charge is -2.05. The van der Waals surface area contributed by atoms with E-state index in [0.717, 1.165) is 17.7 Å². The molecule has 0 atom stereocenters. The summed E-state index contributed by atoms with van der Waals surface area (Å²) in [5.74, 6) is 0. The Morgan fingerprint density at radius 1 is 1.41 bits per heavy atom. The van der Waals surface area contributed by atoms with Crippen LogP contribution in [-0.2, 0) is 13.0 Å². The van der Waals surface area contributed by atoms with Gasteiger partial charge in [-0.2, -0.15) is 5.10 Å². The lowest BCUT2D eigenvalue weighted by molar-refractivity contribution is 0.578. The van der Waals surface area contributed by atoms with Crippen LogP contribution in [0.25, 0.3) is 0 Å². The molecule has 2 heterocycles. The Labute approximate surface area is 99.1 Å². The van der Waals surface area contributed by atoms with E-state index in [0.29, 0.717) is 6.54 Å². The van der Waals surface area contributed by atoms with Crippen LogP contribution in [0.15, 0.2) is 41.6 Å². The highest BCUT2D eigenvalue weighted by Gasteiger charge is 1.99. The normalized spacial score (nSPS) is 10.2. The molecule has 0 unspecified atom stereocenters. The zero-order valence-corrected chi connectivity index (χ0v) is 9.63. The zero-order valence-electron chi connectivity index (χ0n) is 9.63. The Kier molecular flexibility index (Phi) is 3.49. The number of hydrogen-bond donors (Lipinski definition) is 1. The Morgan fingerprint density at radius 2 is 2.29 bits per heavy atom. The number of aryl methyl sites for hydroxylation is 2. The maximum atomic E-state index is 11.7. The minimum Gasteiger partial charge on any atom is -0.387 e. The van der Waals surface area contributed by atoms with E-state index in [4.69, 9.17) is 0 Å². The van der Waals surface area contributed by atoms with Crippen molar-refractivity contribution in [3.63, 3.8) is 0 Å². The standard InChI is InChI=1S/C12H14N4O/c1-13-11-7-12(17)16(15-9-11)6-4-10-3-2-5-14-8-10/h2-3,5,7-9,13H,4,6H2,1H3. The van der Waals surface area contributed by atoms with Crippen LogP contribution in [0.1, 0.15) is 5.56 Å². The molecule has 0 saturated carbocycles. The Bertz CT molecular complexity index is 536. The number of rotatable bonds is 4. The number of aromatic nitrogens is 3.